The molecule has 3 N–H and O–H groups in total. The number of Topliss-reactive ketones (excluding diaryl/α,β-unsaturated/α-hetero) is 1. The lowest BCUT2D eigenvalue weighted by atomic mass is 9.77. The Morgan fingerprint density at radius 2 is 1.56 bits per heavy atom. The fourth-order valence-electron chi connectivity index (χ4n) is 8.52. The third kappa shape index (κ3) is 13.6. The Bertz CT molecular complexity index is 2580. The number of anilines is 2. The molecule has 1 saturated heterocycles. The smallest absolute Gasteiger partial charge is 0.407 e. The van der Waals surface area contributed by atoms with Crippen molar-refractivity contribution < 1.29 is 56.4 Å². The Morgan fingerprint density at radius 3 is 2.20 bits per heavy atom. The summed E-state index contributed by atoms with van der Waals surface area (Å²) in [5, 5.41) is 16.3. The summed E-state index contributed by atoms with van der Waals surface area (Å²) in [5.41, 5.74) is 1.48. The number of amides is 3. The average Bonchev–Trinajstić information content (AvgIpc) is 3.99. The molecule has 1 aromatic heterocycles. The van der Waals surface area contributed by atoms with Crippen LogP contribution in [0.3, 0.4) is 0 Å². The summed E-state index contributed by atoms with van der Waals surface area (Å²) in [5.74, 6) is -2.62. The second-order valence-corrected chi connectivity index (χ2v) is 20.1. The van der Waals surface area contributed by atoms with Crippen molar-refractivity contribution in [3.05, 3.63) is 100 Å². The van der Waals surface area contributed by atoms with Crippen LogP contribution in [0.4, 0.5) is 30.2 Å². The van der Waals surface area contributed by atoms with E-state index in [-0.39, 0.29) is 68.3 Å². The quantitative estimate of drug-likeness (QED) is 0.0392. The van der Waals surface area contributed by atoms with Gasteiger partial charge in [0.05, 0.1) is 66.1 Å². The number of alkyl halides is 3. The predicted octanol–water partition coefficient (Wildman–Crippen LogP) is 8.23. The number of aliphatic hydroxyl groups excluding tert-OH is 1. The SMILES string of the molecule is [C-]#[N+]c1ccc(N2C(=O)C(C)(C)N(c3ccc(OCCOCCOCCCOCC(=O)N[C@H](C(=O)C4C[C@H](O)C[C@H]4C(=O)NCc4ccc(-c5scnc5C)cc4)C(C)(C)C)cc3)C2=S)cc1C(F)(F)F. The van der Waals surface area contributed by atoms with Gasteiger partial charge in [-0.05, 0) is 105 Å². The first-order chi connectivity index (χ1) is 33.6. The molecule has 4 atom stereocenters. The number of nitrogens with zero attached hydrogens (tertiary/aromatic N) is 4. The highest BCUT2D eigenvalue weighted by Crippen LogP contribution is 2.42. The Labute approximate surface area is 420 Å². The van der Waals surface area contributed by atoms with Gasteiger partial charge in [0, 0.05) is 37.1 Å². The molecule has 3 amide bonds. The Morgan fingerprint density at radius 1 is 0.930 bits per heavy atom. The molecular weight excluding hydrogens is 962 g/mol. The lowest BCUT2D eigenvalue weighted by Gasteiger charge is -2.33. The number of thiocarbonyl (C=S) groups is 1. The van der Waals surface area contributed by atoms with Crippen LogP contribution in [0.2, 0.25) is 0 Å². The van der Waals surface area contributed by atoms with Gasteiger partial charge in [-0.3, -0.25) is 24.1 Å². The number of nitrogens with one attached hydrogen (secondary N) is 2. The molecule has 1 saturated carbocycles. The van der Waals surface area contributed by atoms with Crippen molar-refractivity contribution in [2.24, 2.45) is 17.3 Å². The molecule has 3 aromatic carbocycles. The van der Waals surface area contributed by atoms with Crippen molar-refractivity contribution in [3.8, 4) is 16.2 Å². The van der Waals surface area contributed by atoms with Crippen LogP contribution in [0.5, 0.6) is 5.75 Å². The molecule has 1 aliphatic heterocycles. The number of ether oxygens (including phenoxy) is 4. The van der Waals surface area contributed by atoms with E-state index in [0.717, 1.165) is 38.7 Å². The minimum atomic E-state index is -4.80. The van der Waals surface area contributed by atoms with Crippen molar-refractivity contribution in [2.45, 2.75) is 91.2 Å². The van der Waals surface area contributed by atoms with E-state index in [9.17, 15) is 37.5 Å². The molecule has 6 rings (SSSR count). The number of benzene rings is 3. The minimum Gasteiger partial charge on any atom is -0.491 e. The number of hydrogen-bond donors (Lipinski definition) is 3. The van der Waals surface area contributed by atoms with Crippen molar-refractivity contribution in [1.82, 2.24) is 15.6 Å². The lowest BCUT2D eigenvalue weighted by Crippen LogP contribution is -2.53. The molecule has 0 bridgehead atoms. The van der Waals surface area contributed by atoms with E-state index < -0.39 is 64.2 Å². The Kier molecular flexibility index (Phi) is 18.1. The minimum absolute atomic E-state index is 0.0127. The third-order valence-electron chi connectivity index (χ3n) is 12.2. The number of halogens is 3. The van der Waals surface area contributed by atoms with E-state index in [0.29, 0.717) is 37.7 Å². The van der Waals surface area contributed by atoms with E-state index in [4.69, 9.17) is 37.7 Å². The molecule has 380 valence electrons. The van der Waals surface area contributed by atoms with Gasteiger partial charge >= 0.3 is 6.18 Å². The molecule has 2 aliphatic rings. The molecule has 1 unspecified atom stereocenters. The largest absolute Gasteiger partial charge is 0.491 e. The van der Waals surface area contributed by atoms with Crippen LogP contribution in [0.15, 0.2) is 72.2 Å². The van der Waals surface area contributed by atoms with Gasteiger partial charge in [0.15, 0.2) is 16.6 Å². The molecule has 2 heterocycles. The van der Waals surface area contributed by atoms with E-state index in [1.165, 1.54) is 6.07 Å². The van der Waals surface area contributed by atoms with Crippen molar-refractivity contribution >= 4 is 69.2 Å². The molecule has 71 heavy (non-hydrogen) atoms. The summed E-state index contributed by atoms with van der Waals surface area (Å²) in [6.07, 6.45) is -4.84. The van der Waals surface area contributed by atoms with Crippen LogP contribution in [-0.2, 0) is 46.1 Å². The third-order valence-corrected chi connectivity index (χ3v) is 13.6. The fraction of sp³-hybridized carbons (Fsp3) is 0.471. The van der Waals surface area contributed by atoms with Gasteiger partial charge < -0.3 is 39.6 Å². The Hall–Kier alpha value is -5.82. The summed E-state index contributed by atoms with van der Waals surface area (Å²) in [4.78, 5) is 64.9. The standard InChI is InChI=1S/C51H59F3N6O9S2/c1-31-44(71-30-57-31)33-11-9-32(10-12-33)28-56-46(64)39-27-36(61)26-38(39)43(63)45(49(2,3)4)58-42(62)29-68-20-8-19-66-21-22-67-23-24-69-37-16-13-34(14-17-37)60-48(70)59(47(65)50(60,5)6)35-15-18-41(55-7)40(25-35)51(52,53)54/h9-18,25,30,36,38-39,45,61H,8,19-24,26-29H2,1-6H3,(H,56,64)(H,58,62)/t36-,38?,39+,45+/m0/s1. The summed E-state index contributed by atoms with van der Waals surface area (Å²) in [7, 11) is 0. The normalized spacial score (nSPS) is 18.4. The number of carbonyl (C=O) groups excluding carboxylic acids is 4. The predicted molar refractivity (Wildman–Crippen MR) is 266 cm³/mol. The summed E-state index contributed by atoms with van der Waals surface area (Å²) >= 11 is 7.18. The first kappa shape index (κ1) is 54.5. The number of rotatable bonds is 22. The second-order valence-electron chi connectivity index (χ2n) is 18.9. The highest BCUT2D eigenvalue weighted by atomic mass is 32.1. The molecule has 1 aliphatic carbocycles. The van der Waals surface area contributed by atoms with Crippen LogP contribution in [0.1, 0.15) is 70.7 Å². The van der Waals surface area contributed by atoms with Gasteiger partial charge in [0.2, 0.25) is 11.8 Å². The zero-order valence-electron chi connectivity index (χ0n) is 40.5. The maximum absolute atomic E-state index is 14.0. The van der Waals surface area contributed by atoms with Gasteiger partial charge in [-0.2, -0.15) is 13.2 Å². The van der Waals surface area contributed by atoms with Gasteiger partial charge in [0.25, 0.3) is 5.91 Å². The molecule has 0 spiro atoms. The average molecular weight is 1020 g/mol. The number of hydrogen-bond acceptors (Lipinski definition) is 12. The van der Waals surface area contributed by atoms with Crippen LogP contribution in [-0.4, -0.2) is 103 Å². The molecule has 20 heteroatoms. The van der Waals surface area contributed by atoms with Crippen molar-refractivity contribution in [3.63, 3.8) is 0 Å². The van der Waals surface area contributed by atoms with Gasteiger partial charge in [-0.25, -0.2) is 9.83 Å². The number of carbonyl (C=O) groups is 4. The second kappa shape index (κ2) is 23.6. The summed E-state index contributed by atoms with van der Waals surface area (Å²) in [6.45, 7) is 19.5. The van der Waals surface area contributed by atoms with Crippen molar-refractivity contribution in [1.29, 1.82) is 0 Å². The van der Waals surface area contributed by atoms with E-state index in [1.54, 1.807) is 59.9 Å². The van der Waals surface area contributed by atoms with Gasteiger partial charge in [-0.1, -0.05) is 51.1 Å². The topological polar surface area (TPSA) is 173 Å². The van der Waals surface area contributed by atoms with Crippen LogP contribution >= 0.6 is 23.6 Å². The van der Waals surface area contributed by atoms with E-state index >= 15 is 0 Å². The number of aryl methyl sites for hydroxylation is 1. The van der Waals surface area contributed by atoms with Gasteiger partial charge in [0.1, 0.15) is 24.5 Å². The first-order valence-corrected chi connectivity index (χ1v) is 24.4. The highest BCUT2D eigenvalue weighted by Gasteiger charge is 2.51. The zero-order valence-corrected chi connectivity index (χ0v) is 42.1. The molecular formula is C51H59F3N6O9S2. The van der Waals surface area contributed by atoms with E-state index in [2.05, 4.69) is 20.5 Å². The van der Waals surface area contributed by atoms with Gasteiger partial charge in [-0.15, -0.1) is 11.3 Å². The monoisotopic (exact) mass is 1020 g/mol. The van der Waals surface area contributed by atoms with Crippen molar-refractivity contribution in [2.75, 3.05) is 56.0 Å². The number of ketones is 1. The summed E-state index contributed by atoms with van der Waals surface area (Å²) < 4.78 is 63.7. The maximum atomic E-state index is 14.0. The molecule has 15 nitrogen and oxygen atoms in total. The number of thiazole rings is 1. The van der Waals surface area contributed by atoms with Crippen LogP contribution in [0, 0.1) is 30.7 Å². The zero-order chi connectivity index (χ0) is 51.7. The first-order valence-electron chi connectivity index (χ1n) is 23.1. The maximum Gasteiger partial charge on any atom is 0.407 e. The lowest BCUT2D eigenvalue weighted by molar-refractivity contribution is -0.138. The van der Waals surface area contributed by atoms with E-state index in [1.807, 2.05) is 52.0 Å². The number of aromatic nitrogens is 1. The fourth-order valence-corrected chi connectivity index (χ4v) is 9.86. The summed E-state index contributed by atoms with van der Waals surface area (Å²) in [6, 6.07) is 16.7. The Balaban J connectivity index is 0.851. The number of aliphatic hydroxyl groups is 1. The molecule has 2 fully saturated rings. The van der Waals surface area contributed by atoms with Crippen LogP contribution < -0.4 is 25.2 Å². The molecule has 4 aromatic rings. The molecule has 0 radical (unpaired) electrons. The van der Waals surface area contributed by atoms with Crippen LogP contribution in [0.25, 0.3) is 15.3 Å². The highest BCUT2D eigenvalue weighted by molar-refractivity contribution is 7.81.